The number of hydrogen-bond donors (Lipinski definition) is 1. The van der Waals surface area contributed by atoms with Crippen LogP contribution in [0.25, 0.3) is 0 Å². The molecule has 1 aromatic carbocycles. The van der Waals surface area contributed by atoms with Crippen LogP contribution in [0.2, 0.25) is 0 Å². The highest BCUT2D eigenvalue weighted by Gasteiger charge is 2.23. The third kappa shape index (κ3) is 5.42. The van der Waals surface area contributed by atoms with Crippen LogP contribution in [-0.4, -0.2) is 36.1 Å². The minimum Gasteiger partial charge on any atom is -0.391 e. The fourth-order valence-corrected chi connectivity index (χ4v) is 5.96. The summed E-state index contributed by atoms with van der Waals surface area (Å²) in [6, 6.07) is 10.9. The first-order valence-corrected chi connectivity index (χ1v) is 12.8. The number of sulfone groups is 1. The largest absolute Gasteiger partial charge is 0.391 e. The van der Waals surface area contributed by atoms with Gasteiger partial charge in [0.25, 0.3) is 0 Å². The van der Waals surface area contributed by atoms with E-state index >= 15 is 0 Å². The molecule has 160 valence electrons. The quantitative estimate of drug-likeness (QED) is 0.676. The molecule has 0 unspecified atom stereocenters. The molecule has 2 aromatic rings. The van der Waals surface area contributed by atoms with Gasteiger partial charge in [-0.25, -0.2) is 13.4 Å². The summed E-state index contributed by atoms with van der Waals surface area (Å²) in [6.07, 6.45) is 2.99. The average molecular weight is 445 g/mol. The summed E-state index contributed by atoms with van der Waals surface area (Å²) in [5.74, 6) is -0.193. The van der Waals surface area contributed by atoms with E-state index in [-0.39, 0.29) is 21.8 Å². The van der Waals surface area contributed by atoms with Crippen molar-refractivity contribution in [3.8, 4) is 6.07 Å². The van der Waals surface area contributed by atoms with Gasteiger partial charge in [-0.05, 0) is 60.4 Å². The van der Waals surface area contributed by atoms with Gasteiger partial charge in [0.2, 0.25) is 0 Å². The Hall–Kier alpha value is -1.88. The monoisotopic (exact) mass is 444 g/mol. The van der Waals surface area contributed by atoms with Crippen molar-refractivity contribution in [3.63, 3.8) is 0 Å². The van der Waals surface area contributed by atoms with Crippen LogP contribution in [0, 0.1) is 11.3 Å². The van der Waals surface area contributed by atoms with Crippen molar-refractivity contribution in [3.05, 3.63) is 52.7 Å². The number of aliphatic hydroxyl groups is 1. The maximum atomic E-state index is 12.7. The first kappa shape index (κ1) is 22.8. The average Bonchev–Trinajstić information content (AvgIpc) is 2.70. The molecule has 1 heterocycles. The molecule has 0 radical (unpaired) electrons. The normalized spacial score (nSPS) is 15.3. The fraction of sp³-hybridized carbons (Fsp3) is 0.478. The van der Waals surface area contributed by atoms with Gasteiger partial charge in [-0.15, -0.1) is 11.8 Å². The topological polar surface area (TPSA) is 91.1 Å². The van der Waals surface area contributed by atoms with Crippen LogP contribution in [0.4, 0.5) is 0 Å². The number of aromatic nitrogens is 1. The van der Waals surface area contributed by atoms with Crippen LogP contribution in [0.1, 0.15) is 56.0 Å². The lowest BCUT2D eigenvalue weighted by atomic mass is 9.87. The zero-order valence-corrected chi connectivity index (χ0v) is 19.3. The van der Waals surface area contributed by atoms with Gasteiger partial charge in [0.1, 0.15) is 11.1 Å². The number of nitriles is 1. The van der Waals surface area contributed by atoms with Gasteiger partial charge in [0.15, 0.2) is 9.84 Å². The van der Waals surface area contributed by atoms with E-state index in [1.165, 1.54) is 11.8 Å². The molecule has 0 saturated carbocycles. The van der Waals surface area contributed by atoms with E-state index in [0.717, 1.165) is 42.5 Å². The summed E-state index contributed by atoms with van der Waals surface area (Å²) in [6.45, 7) is 6.21. The Morgan fingerprint density at radius 3 is 2.50 bits per heavy atom. The van der Waals surface area contributed by atoms with Crippen molar-refractivity contribution in [2.24, 2.45) is 0 Å². The van der Waals surface area contributed by atoms with Gasteiger partial charge in [-0.3, -0.25) is 0 Å². The maximum absolute atomic E-state index is 12.7. The number of rotatable bonds is 6. The lowest BCUT2D eigenvalue weighted by molar-refractivity contribution is 0.222. The summed E-state index contributed by atoms with van der Waals surface area (Å²) in [5.41, 5.74) is 3.64. The highest BCUT2D eigenvalue weighted by molar-refractivity contribution is 7.99. The highest BCUT2D eigenvalue weighted by atomic mass is 32.2. The maximum Gasteiger partial charge on any atom is 0.180 e. The summed E-state index contributed by atoms with van der Waals surface area (Å²) in [7, 11) is -3.60. The van der Waals surface area contributed by atoms with Crippen LogP contribution >= 0.6 is 11.8 Å². The summed E-state index contributed by atoms with van der Waals surface area (Å²) < 4.78 is 25.4. The molecular formula is C23H28N2O3S2. The smallest absolute Gasteiger partial charge is 0.180 e. The Labute approximate surface area is 183 Å². The Balaban J connectivity index is 1.67. The Kier molecular flexibility index (Phi) is 6.91. The third-order valence-corrected chi connectivity index (χ3v) is 8.24. The van der Waals surface area contributed by atoms with Crippen LogP contribution in [0.15, 0.2) is 40.3 Å². The zero-order valence-electron chi connectivity index (χ0n) is 17.7. The number of nitrogens with zero attached hydrogens (tertiary/aromatic N) is 2. The van der Waals surface area contributed by atoms with Gasteiger partial charge >= 0.3 is 0 Å². The van der Waals surface area contributed by atoms with Gasteiger partial charge in [0, 0.05) is 11.4 Å². The summed E-state index contributed by atoms with van der Waals surface area (Å²) >= 11 is 1.25. The molecule has 7 heteroatoms. The predicted octanol–water partition coefficient (Wildman–Crippen LogP) is 4.06. The second kappa shape index (κ2) is 9.09. The standard InChI is InChI=1S/C23H28N2O3S2/c1-23(2,3)18-8-10-20(11-9-18)30(27,28)15-19(26)14-29-22-17(13-24)12-16-6-4-5-7-21(16)25-22/h8-12,19,26H,4-7,14-15H2,1-3H3/t19-/m0/s1. The molecule has 0 fully saturated rings. The van der Waals surface area contributed by atoms with Crippen molar-refractivity contribution in [2.75, 3.05) is 11.5 Å². The van der Waals surface area contributed by atoms with Crippen molar-refractivity contribution in [1.29, 1.82) is 5.26 Å². The predicted molar refractivity (Wildman–Crippen MR) is 120 cm³/mol. The van der Waals surface area contributed by atoms with E-state index in [2.05, 4.69) is 31.8 Å². The van der Waals surface area contributed by atoms with E-state index in [0.29, 0.717) is 10.6 Å². The first-order valence-electron chi connectivity index (χ1n) is 10.2. The van der Waals surface area contributed by atoms with E-state index in [4.69, 9.17) is 0 Å². The molecule has 1 aliphatic rings. The number of aryl methyl sites for hydroxylation is 2. The van der Waals surface area contributed by atoms with Crippen LogP contribution < -0.4 is 0 Å². The number of hydrogen-bond acceptors (Lipinski definition) is 6. The summed E-state index contributed by atoms with van der Waals surface area (Å²) in [4.78, 5) is 4.84. The number of fused-ring (bicyclic) bond motifs is 1. The molecule has 3 rings (SSSR count). The Morgan fingerprint density at radius 1 is 1.20 bits per heavy atom. The molecule has 1 aliphatic carbocycles. The molecular weight excluding hydrogens is 416 g/mol. The van der Waals surface area contributed by atoms with Crippen molar-refractivity contribution >= 4 is 21.6 Å². The summed E-state index contributed by atoms with van der Waals surface area (Å²) in [5, 5.41) is 20.4. The second-order valence-corrected chi connectivity index (χ2v) is 11.8. The van der Waals surface area contributed by atoms with Gasteiger partial charge in [0.05, 0.1) is 22.3 Å². The van der Waals surface area contributed by atoms with E-state index < -0.39 is 15.9 Å². The third-order valence-electron chi connectivity index (χ3n) is 5.29. The number of thioether (sulfide) groups is 1. The first-order chi connectivity index (χ1) is 14.1. The van der Waals surface area contributed by atoms with Crippen molar-refractivity contribution < 1.29 is 13.5 Å². The lowest BCUT2D eigenvalue weighted by Gasteiger charge is -2.19. The molecule has 0 amide bonds. The van der Waals surface area contributed by atoms with E-state index in [1.54, 1.807) is 12.1 Å². The van der Waals surface area contributed by atoms with Gasteiger partial charge < -0.3 is 5.11 Å². The molecule has 0 aliphatic heterocycles. The molecule has 0 saturated heterocycles. The Morgan fingerprint density at radius 2 is 1.87 bits per heavy atom. The molecule has 1 N–H and O–H groups in total. The van der Waals surface area contributed by atoms with E-state index in [1.807, 2.05) is 18.2 Å². The molecule has 30 heavy (non-hydrogen) atoms. The minimum absolute atomic E-state index is 0.0568. The van der Waals surface area contributed by atoms with E-state index in [9.17, 15) is 18.8 Å². The SMILES string of the molecule is CC(C)(C)c1ccc(S(=O)(=O)C[C@@H](O)CSc2nc3c(cc2C#N)CCCC3)cc1. The van der Waals surface area contributed by atoms with Crippen LogP contribution in [-0.2, 0) is 28.1 Å². The van der Waals surface area contributed by atoms with Gasteiger partial charge in [-0.2, -0.15) is 5.26 Å². The number of benzene rings is 1. The second-order valence-electron chi connectivity index (χ2n) is 8.79. The fourth-order valence-electron chi connectivity index (χ4n) is 3.54. The van der Waals surface area contributed by atoms with Crippen LogP contribution in [0.3, 0.4) is 0 Å². The van der Waals surface area contributed by atoms with Crippen molar-refractivity contribution in [1.82, 2.24) is 4.98 Å². The number of aliphatic hydroxyl groups excluding tert-OH is 1. The van der Waals surface area contributed by atoms with Crippen molar-refractivity contribution in [2.45, 2.75) is 67.9 Å². The molecule has 0 bridgehead atoms. The lowest BCUT2D eigenvalue weighted by Crippen LogP contribution is -2.23. The number of pyridine rings is 1. The molecule has 1 atom stereocenters. The molecule has 0 spiro atoms. The van der Waals surface area contributed by atoms with Gasteiger partial charge in [-0.1, -0.05) is 32.9 Å². The zero-order chi connectivity index (χ0) is 21.9. The molecule has 5 nitrogen and oxygen atoms in total. The molecule has 1 aromatic heterocycles. The van der Waals surface area contributed by atoms with Crippen LogP contribution in [0.5, 0.6) is 0 Å². The highest BCUT2D eigenvalue weighted by Crippen LogP contribution is 2.28. The Bertz CT molecular complexity index is 1050. The minimum atomic E-state index is -3.60.